The van der Waals surface area contributed by atoms with E-state index in [0.29, 0.717) is 0 Å². The van der Waals surface area contributed by atoms with E-state index in [2.05, 4.69) is 232 Å². The number of allylic oxidation sites excluding steroid dienone is 2. The molecule has 0 heterocycles. The number of aryl methyl sites for hydroxylation is 3. The molecule has 1 N–H and O–H groups in total. The van der Waals surface area contributed by atoms with Crippen LogP contribution < -0.4 is 4.90 Å². The van der Waals surface area contributed by atoms with Crippen molar-refractivity contribution >= 4 is 51.1 Å². The number of hydrogen-bond donors (Lipinski definition) is 1. The largest absolute Gasteiger partial charge is 0.392 e. The highest BCUT2D eigenvalue weighted by Gasteiger charge is 2.19. The van der Waals surface area contributed by atoms with E-state index in [0.717, 1.165) is 44.7 Å². The summed E-state index contributed by atoms with van der Waals surface area (Å²) in [6, 6.07) is 66.9. The molecule has 0 atom stereocenters. The molecule has 0 aliphatic heterocycles. The Labute approximate surface area is 343 Å². The van der Waals surface area contributed by atoms with Gasteiger partial charge in [-0.3, -0.25) is 0 Å². The molecule has 8 aromatic rings. The summed E-state index contributed by atoms with van der Waals surface area (Å²) in [6.07, 6.45) is 8.84. The minimum absolute atomic E-state index is 0.00111. The first-order valence-corrected chi connectivity index (χ1v) is 19.9. The fraction of sp³-hybridized carbons (Fsp3) is 0.0714. The van der Waals surface area contributed by atoms with Crippen LogP contribution in [0.25, 0.3) is 34.1 Å². The summed E-state index contributed by atoms with van der Waals surface area (Å²) < 4.78 is 0. The summed E-state index contributed by atoms with van der Waals surface area (Å²) in [6.45, 7) is 6.39. The first-order chi connectivity index (χ1) is 28.4. The van der Waals surface area contributed by atoms with E-state index < -0.39 is 0 Å². The van der Waals surface area contributed by atoms with Crippen LogP contribution in [-0.4, -0.2) is 5.11 Å². The van der Waals surface area contributed by atoms with E-state index in [9.17, 15) is 5.11 Å². The molecule has 2 nitrogen and oxygen atoms in total. The van der Waals surface area contributed by atoms with Gasteiger partial charge in [-0.15, -0.1) is 0 Å². The van der Waals surface area contributed by atoms with Gasteiger partial charge >= 0.3 is 0 Å². The molecule has 0 fully saturated rings. The van der Waals surface area contributed by atoms with Gasteiger partial charge in [0.15, 0.2) is 0 Å². The maximum Gasteiger partial charge on any atom is 0.0681 e. The lowest BCUT2D eigenvalue weighted by Gasteiger charge is -2.29. The van der Waals surface area contributed by atoms with E-state index in [1.807, 2.05) is 6.07 Å². The summed E-state index contributed by atoms with van der Waals surface area (Å²) in [4.78, 5) is 2.35. The zero-order chi connectivity index (χ0) is 39.8. The van der Waals surface area contributed by atoms with Crippen LogP contribution in [0.15, 0.2) is 200 Å². The van der Waals surface area contributed by atoms with Gasteiger partial charge in [0.25, 0.3) is 0 Å². The monoisotopic (exact) mass is 749 g/mol. The SMILES string of the molecule is Cc1ccc(C(=Cc2ccc(N(c3ccc(C=CC=C(c4ccccc4)c4ccccc4)cc3)c3ccc(CO)cc3C)c3ccccc23)c2ccc(C)cc2)cc1. The zero-order valence-corrected chi connectivity index (χ0v) is 33.3. The molecule has 8 aromatic carbocycles. The number of anilines is 3. The van der Waals surface area contributed by atoms with Gasteiger partial charge in [0, 0.05) is 16.8 Å². The lowest BCUT2D eigenvalue weighted by Crippen LogP contribution is -2.12. The molecular weight excluding hydrogens is 703 g/mol. The predicted octanol–water partition coefficient (Wildman–Crippen LogP) is 14.5. The van der Waals surface area contributed by atoms with Crippen molar-refractivity contribution in [2.45, 2.75) is 27.4 Å². The number of aliphatic hydroxyl groups is 1. The van der Waals surface area contributed by atoms with Gasteiger partial charge in [0.2, 0.25) is 0 Å². The van der Waals surface area contributed by atoms with Crippen molar-refractivity contribution in [1.29, 1.82) is 0 Å². The topological polar surface area (TPSA) is 23.5 Å². The lowest BCUT2D eigenvalue weighted by molar-refractivity contribution is 0.282. The maximum atomic E-state index is 10.00. The number of aliphatic hydroxyl groups excluding tert-OH is 1. The van der Waals surface area contributed by atoms with Crippen LogP contribution >= 0.6 is 0 Å². The Morgan fingerprint density at radius 2 is 1.03 bits per heavy atom. The van der Waals surface area contributed by atoms with Crippen molar-refractivity contribution in [3.05, 3.63) is 256 Å². The summed E-state index contributed by atoms with van der Waals surface area (Å²) >= 11 is 0. The van der Waals surface area contributed by atoms with Gasteiger partial charge in [-0.05, 0) is 112 Å². The molecule has 0 radical (unpaired) electrons. The summed E-state index contributed by atoms with van der Waals surface area (Å²) in [7, 11) is 0. The van der Waals surface area contributed by atoms with E-state index in [1.165, 1.54) is 49.9 Å². The van der Waals surface area contributed by atoms with E-state index >= 15 is 0 Å². The van der Waals surface area contributed by atoms with E-state index in [4.69, 9.17) is 0 Å². The first kappa shape index (κ1) is 37.9. The molecule has 0 saturated carbocycles. The second kappa shape index (κ2) is 17.4. The fourth-order valence-corrected chi connectivity index (χ4v) is 7.64. The van der Waals surface area contributed by atoms with Crippen LogP contribution in [0.3, 0.4) is 0 Å². The first-order valence-electron chi connectivity index (χ1n) is 19.9. The Morgan fingerprint density at radius 3 is 1.60 bits per heavy atom. The van der Waals surface area contributed by atoms with Gasteiger partial charge < -0.3 is 10.0 Å². The van der Waals surface area contributed by atoms with Crippen molar-refractivity contribution < 1.29 is 5.11 Å². The second-order valence-electron chi connectivity index (χ2n) is 14.9. The van der Waals surface area contributed by atoms with E-state index in [-0.39, 0.29) is 6.61 Å². The van der Waals surface area contributed by atoms with Crippen molar-refractivity contribution in [3.8, 4) is 0 Å². The third-order valence-electron chi connectivity index (χ3n) is 10.8. The molecule has 2 heteroatoms. The molecule has 0 amide bonds. The summed E-state index contributed by atoms with van der Waals surface area (Å²) in [5.41, 5.74) is 17.0. The van der Waals surface area contributed by atoms with Crippen molar-refractivity contribution in [2.75, 3.05) is 4.90 Å². The predicted molar refractivity (Wildman–Crippen MR) is 248 cm³/mol. The minimum atomic E-state index is 0.00111. The average molecular weight is 750 g/mol. The number of nitrogens with zero attached hydrogens (tertiary/aromatic N) is 1. The van der Waals surface area contributed by atoms with Crippen LogP contribution in [0.5, 0.6) is 0 Å². The zero-order valence-electron chi connectivity index (χ0n) is 33.3. The Hall–Kier alpha value is -7.00. The van der Waals surface area contributed by atoms with Gasteiger partial charge in [-0.1, -0.05) is 193 Å². The Kier molecular flexibility index (Phi) is 11.4. The van der Waals surface area contributed by atoms with Crippen LogP contribution in [0.1, 0.15) is 55.6 Å². The molecule has 282 valence electrons. The molecule has 58 heavy (non-hydrogen) atoms. The molecule has 0 aliphatic carbocycles. The Bertz CT molecular complexity index is 2650. The quantitative estimate of drug-likeness (QED) is 0.105. The molecular formula is C56H47NO. The number of fused-ring (bicyclic) bond motifs is 1. The van der Waals surface area contributed by atoms with Crippen LogP contribution in [0.4, 0.5) is 17.1 Å². The second-order valence-corrected chi connectivity index (χ2v) is 14.9. The van der Waals surface area contributed by atoms with Gasteiger partial charge in [-0.25, -0.2) is 0 Å². The lowest BCUT2D eigenvalue weighted by atomic mass is 9.92. The smallest absolute Gasteiger partial charge is 0.0681 e. The third-order valence-corrected chi connectivity index (χ3v) is 10.8. The van der Waals surface area contributed by atoms with E-state index in [1.54, 1.807) is 0 Å². The number of hydrogen-bond acceptors (Lipinski definition) is 2. The average Bonchev–Trinajstić information content (AvgIpc) is 3.27. The molecule has 0 saturated heterocycles. The van der Waals surface area contributed by atoms with Crippen molar-refractivity contribution in [2.24, 2.45) is 0 Å². The molecule has 8 rings (SSSR count). The van der Waals surface area contributed by atoms with Crippen molar-refractivity contribution in [1.82, 2.24) is 0 Å². The Balaban J connectivity index is 1.21. The maximum absolute atomic E-state index is 10.00. The number of benzene rings is 8. The highest BCUT2D eigenvalue weighted by molar-refractivity contribution is 6.06. The van der Waals surface area contributed by atoms with Crippen molar-refractivity contribution in [3.63, 3.8) is 0 Å². The minimum Gasteiger partial charge on any atom is -0.392 e. The summed E-state index contributed by atoms with van der Waals surface area (Å²) in [5, 5.41) is 12.3. The molecule has 0 aliphatic rings. The van der Waals surface area contributed by atoms with Gasteiger partial charge in [0.05, 0.1) is 12.3 Å². The highest BCUT2D eigenvalue weighted by atomic mass is 16.3. The molecule has 0 unspecified atom stereocenters. The standard InChI is InChI=1S/C56H47NO/c1-40-21-28-47(29-22-40)54(48-30-23-41(2)24-31-48)38-49-32-36-56(53-19-11-10-18-52(49)53)57(55-35-27-44(39-58)37-42(55)3)50-33-25-43(26-34-50)13-12-20-51(45-14-6-4-7-15-45)46-16-8-5-9-17-46/h4-38,58H,39H2,1-3H3. The third kappa shape index (κ3) is 8.39. The molecule has 0 bridgehead atoms. The van der Waals surface area contributed by atoms with Gasteiger partial charge in [-0.2, -0.15) is 0 Å². The summed E-state index contributed by atoms with van der Waals surface area (Å²) in [5.74, 6) is 0. The molecule has 0 spiro atoms. The molecule has 0 aromatic heterocycles. The Morgan fingerprint density at radius 1 is 0.500 bits per heavy atom. The fourth-order valence-electron chi connectivity index (χ4n) is 7.64. The van der Waals surface area contributed by atoms with Gasteiger partial charge in [0.1, 0.15) is 0 Å². The highest BCUT2D eigenvalue weighted by Crippen LogP contribution is 2.42. The van der Waals surface area contributed by atoms with Crippen LogP contribution in [-0.2, 0) is 6.61 Å². The number of rotatable bonds is 11. The normalized spacial score (nSPS) is 11.1. The van der Waals surface area contributed by atoms with Crippen LogP contribution in [0, 0.1) is 20.8 Å². The van der Waals surface area contributed by atoms with Crippen LogP contribution in [0.2, 0.25) is 0 Å².